The molecule has 7 nitrogen and oxygen atoms in total. The number of fused-ring (bicyclic) bond motifs is 4. The lowest BCUT2D eigenvalue weighted by molar-refractivity contribution is 0.143. The van der Waals surface area contributed by atoms with Gasteiger partial charge in [0.2, 0.25) is 5.65 Å². The second kappa shape index (κ2) is 7.00. The van der Waals surface area contributed by atoms with Crippen molar-refractivity contribution in [1.82, 2.24) is 25.0 Å². The van der Waals surface area contributed by atoms with Crippen molar-refractivity contribution in [2.24, 2.45) is 7.05 Å². The van der Waals surface area contributed by atoms with Gasteiger partial charge in [0.15, 0.2) is 5.82 Å². The van der Waals surface area contributed by atoms with E-state index in [0.717, 1.165) is 29.7 Å². The van der Waals surface area contributed by atoms with E-state index in [1.165, 1.54) is 6.20 Å². The Morgan fingerprint density at radius 1 is 1.23 bits per heavy atom. The van der Waals surface area contributed by atoms with Gasteiger partial charge in [-0.15, -0.1) is 5.10 Å². The molecule has 1 aliphatic rings. The first-order valence-electron chi connectivity index (χ1n) is 10.1. The number of pyridine rings is 2. The molecule has 4 heterocycles. The van der Waals surface area contributed by atoms with Crippen LogP contribution in [-0.4, -0.2) is 42.2 Å². The van der Waals surface area contributed by atoms with Crippen LogP contribution >= 0.6 is 0 Å². The van der Waals surface area contributed by atoms with E-state index in [0.29, 0.717) is 34.3 Å². The molecule has 0 atom stereocenters. The van der Waals surface area contributed by atoms with Gasteiger partial charge in [-0.1, -0.05) is 23.1 Å². The van der Waals surface area contributed by atoms with Crippen molar-refractivity contribution in [1.29, 1.82) is 0 Å². The Hall–Kier alpha value is -3.57. The topological polar surface area (TPSA) is 80.0 Å². The molecule has 0 fully saturated rings. The molecule has 31 heavy (non-hydrogen) atoms. The minimum absolute atomic E-state index is 0.397. The van der Waals surface area contributed by atoms with Gasteiger partial charge in [0, 0.05) is 36.4 Å². The molecule has 0 bridgehead atoms. The summed E-state index contributed by atoms with van der Waals surface area (Å²) in [5, 5.41) is 19.2. The van der Waals surface area contributed by atoms with Crippen LogP contribution in [0.25, 0.3) is 21.9 Å². The molecule has 8 heteroatoms. The molecular formula is C23H21FN6O. The second-order valence-electron chi connectivity index (χ2n) is 8.23. The zero-order chi connectivity index (χ0) is 21.8. The van der Waals surface area contributed by atoms with Crippen LogP contribution in [0.2, 0.25) is 0 Å². The van der Waals surface area contributed by atoms with Crippen molar-refractivity contribution >= 4 is 33.4 Å². The summed E-state index contributed by atoms with van der Waals surface area (Å²) in [6.45, 7) is 4.00. The van der Waals surface area contributed by atoms with E-state index in [4.69, 9.17) is 4.98 Å². The number of halogens is 1. The van der Waals surface area contributed by atoms with Crippen molar-refractivity contribution in [3.63, 3.8) is 0 Å². The fourth-order valence-electron chi connectivity index (χ4n) is 4.09. The van der Waals surface area contributed by atoms with Crippen molar-refractivity contribution < 1.29 is 9.50 Å². The normalized spacial score (nSPS) is 13.9. The largest absolute Gasteiger partial charge is 0.378 e. The molecular weight excluding hydrogens is 395 g/mol. The number of anilines is 2. The molecule has 0 saturated carbocycles. The quantitative estimate of drug-likeness (QED) is 0.480. The summed E-state index contributed by atoms with van der Waals surface area (Å²) in [6.07, 6.45) is 4.55. The summed E-state index contributed by atoms with van der Waals surface area (Å²) in [5.74, 6) is 6.06. The van der Waals surface area contributed by atoms with E-state index in [2.05, 4.69) is 27.1 Å². The lowest BCUT2D eigenvalue weighted by atomic mass is 9.95. The predicted molar refractivity (Wildman–Crippen MR) is 117 cm³/mol. The van der Waals surface area contributed by atoms with Crippen LogP contribution in [0.15, 0.2) is 30.6 Å². The Balaban J connectivity index is 1.75. The van der Waals surface area contributed by atoms with Crippen molar-refractivity contribution in [3.05, 3.63) is 47.5 Å². The standard InChI is InChI=1S/C23H21FN6O/c1-23(2,31)10-9-14-6-4-8-18-15(14)7-5-11-30(18)22-19-16(12-25-13-17(19)24)20-21(26-22)27-28-29(20)3/h4,6,8,12-13,31H,5,7,11H2,1-3H3. The lowest BCUT2D eigenvalue weighted by Gasteiger charge is -2.32. The third kappa shape index (κ3) is 3.27. The average Bonchev–Trinajstić information content (AvgIpc) is 3.12. The van der Waals surface area contributed by atoms with E-state index in [9.17, 15) is 5.11 Å². The van der Waals surface area contributed by atoms with Gasteiger partial charge >= 0.3 is 0 Å². The highest BCUT2D eigenvalue weighted by Gasteiger charge is 2.26. The lowest BCUT2D eigenvalue weighted by Crippen LogP contribution is -2.26. The van der Waals surface area contributed by atoms with Gasteiger partial charge in [-0.2, -0.15) is 0 Å². The maximum absolute atomic E-state index is 15.0. The maximum atomic E-state index is 15.0. The van der Waals surface area contributed by atoms with Gasteiger partial charge in [-0.25, -0.2) is 14.1 Å². The van der Waals surface area contributed by atoms with E-state index in [-0.39, 0.29) is 0 Å². The van der Waals surface area contributed by atoms with Crippen LogP contribution in [0.5, 0.6) is 0 Å². The maximum Gasteiger partial charge on any atom is 0.204 e. The van der Waals surface area contributed by atoms with Crippen molar-refractivity contribution in [2.75, 3.05) is 11.4 Å². The minimum atomic E-state index is -1.08. The Bertz CT molecular complexity index is 1390. The number of hydrogen-bond donors (Lipinski definition) is 1. The first kappa shape index (κ1) is 19.4. The van der Waals surface area contributed by atoms with Crippen LogP contribution < -0.4 is 4.90 Å². The Labute approximate surface area is 178 Å². The van der Waals surface area contributed by atoms with Crippen molar-refractivity contribution in [3.8, 4) is 11.8 Å². The Morgan fingerprint density at radius 2 is 2.06 bits per heavy atom. The smallest absolute Gasteiger partial charge is 0.204 e. The zero-order valence-corrected chi connectivity index (χ0v) is 17.5. The summed E-state index contributed by atoms with van der Waals surface area (Å²) in [6, 6.07) is 5.87. The fraction of sp³-hybridized carbons (Fsp3) is 0.304. The first-order chi connectivity index (χ1) is 14.8. The molecule has 1 N–H and O–H groups in total. The molecule has 1 aromatic carbocycles. The molecule has 4 aromatic rings. The van der Waals surface area contributed by atoms with Crippen molar-refractivity contribution in [2.45, 2.75) is 32.3 Å². The van der Waals surface area contributed by atoms with Crippen LogP contribution in [-0.2, 0) is 13.5 Å². The molecule has 0 radical (unpaired) electrons. The number of nitrogens with zero attached hydrogens (tertiary/aromatic N) is 6. The molecule has 3 aromatic heterocycles. The summed E-state index contributed by atoms with van der Waals surface area (Å²) < 4.78 is 16.6. The third-order valence-electron chi connectivity index (χ3n) is 5.41. The Kier molecular flexibility index (Phi) is 4.38. The summed E-state index contributed by atoms with van der Waals surface area (Å²) >= 11 is 0. The van der Waals surface area contributed by atoms with Gasteiger partial charge in [-0.05, 0) is 44.4 Å². The number of aryl methyl sites for hydroxylation is 1. The number of hydrogen-bond acceptors (Lipinski definition) is 6. The summed E-state index contributed by atoms with van der Waals surface area (Å²) in [7, 11) is 1.75. The average molecular weight is 416 g/mol. The van der Waals surface area contributed by atoms with Gasteiger partial charge in [0.05, 0.1) is 11.6 Å². The summed E-state index contributed by atoms with van der Waals surface area (Å²) in [4.78, 5) is 10.8. The van der Waals surface area contributed by atoms with Crippen LogP contribution in [0.1, 0.15) is 31.4 Å². The molecule has 5 rings (SSSR count). The third-order valence-corrected chi connectivity index (χ3v) is 5.41. The van der Waals surface area contributed by atoms with Gasteiger partial charge in [0.1, 0.15) is 16.9 Å². The monoisotopic (exact) mass is 416 g/mol. The van der Waals surface area contributed by atoms with E-state index in [1.807, 2.05) is 23.1 Å². The van der Waals surface area contributed by atoms with E-state index in [1.54, 1.807) is 31.8 Å². The molecule has 1 aliphatic heterocycles. The number of aromatic nitrogens is 5. The van der Waals surface area contributed by atoms with E-state index < -0.39 is 11.4 Å². The van der Waals surface area contributed by atoms with Gasteiger partial charge < -0.3 is 10.0 Å². The SMILES string of the molecule is Cn1nnc2nc(N3CCCc4c(C#CC(C)(C)O)cccc43)c3c(F)cncc3c21. The number of aliphatic hydroxyl groups is 1. The Morgan fingerprint density at radius 3 is 2.87 bits per heavy atom. The second-order valence-corrected chi connectivity index (χ2v) is 8.23. The predicted octanol–water partition coefficient (Wildman–Crippen LogP) is 3.26. The fourth-order valence-corrected chi connectivity index (χ4v) is 4.09. The number of rotatable bonds is 1. The van der Waals surface area contributed by atoms with Crippen LogP contribution in [0.4, 0.5) is 15.9 Å². The van der Waals surface area contributed by atoms with Gasteiger partial charge in [-0.3, -0.25) is 4.98 Å². The highest BCUT2D eigenvalue weighted by molar-refractivity contribution is 6.08. The van der Waals surface area contributed by atoms with Gasteiger partial charge in [0.25, 0.3) is 0 Å². The highest BCUT2D eigenvalue weighted by Crippen LogP contribution is 2.39. The minimum Gasteiger partial charge on any atom is -0.378 e. The molecule has 0 spiro atoms. The molecule has 0 amide bonds. The molecule has 0 aliphatic carbocycles. The van der Waals surface area contributed by atoms with E-state index >= 15 is 4.39 Å². The molecule has 0 unspecified atom stereocenters. The molecule has 156 valence electrons. The van der Waals surface area contributed by atoms with Crippen LogP contribution in [0, 0.1) is 17.7 Å². The zero-order valence-electron chi connectivity index (χ0n) is 17.5. The number of benzene rings is 1. The first-order valence-corrected chi connectivity index (χ1v) is 10.1. The molecule has 0 saturated heterocycles. The summed E-state index contributed by atoms with van der Waals surface area (Å²) in [5.41, 5.74) is 2.87. The van der Waals surface area contributed by atoms with Crippen LogP contribution in [0.3, 0.4) is 0 Å². The highest BCUT2D eigenvalue weighted by atomic mass is 19.1.